The van der Waals surface area contributed by atoms with E-state index in [1.807, 2.05) is 26.0 Å². The Hall–Kier alpha value is -1.31. The molecule has 0 aliphatic carbocycles. The summed E-state index contributed by atoms with van der Waals surface area (Å²) in [6, 6.07) is 3.86. The zero-order chi connectivity index (χ0) is 14.8. The van der Waals surface area contributed by atoms with E-state index in [1.54, 1.807) is 0 Å². The predicted molar refractivity (Wildman–Crippen MR) is 80.0 cm³/mol. The van der Waals surface area contributed by atoms with Crippen LogP contribution in [-0.4, -0.2) is 10.9 Å². The van der Waals surface area contributed by atoms with Crippen molar-refractivity contribution in [1.29, 1.82) is 0 Å². The minimum Gasteiger partial charge on any atom is -0.507 e. The van der Waals surface area contributed by atoms with Crippen LogP contribution >= 0.6 is 0 Å². The lowest BCUT2D eigenvalue weighted by molar-refractivity contribution is 0.0965. The zero-order valence-electron chi connectivity index (χ0n) is 13.0. The van der Waals surface area contributed by atoms with E-state index in [2.05, 4.69) is 27.7 Å². The van der Waals surface area contributed by atoms with E-state index >= 15 is 0 Å². The average molecular weight is 262 g/mol. The van der Waals surface area contributed by atoms with Crippen molar-refractivity contribution in [2.24, 2.45) is 5.92 Å². The van der Waals surface area contributed by atoms with Crippen molar-refractivity contribution >= 4 is 5.78 Å². The van der Waals surface area contributed by atoms with Gasteiger partial charge in [0.1, 0.15) is 5.75 Å². The molecule has 0 heterocycles. The summed E-state index contributed by atoms with van der Waals surface area (Å²) in [5.41, 5.74) is 2.29. The molecule has 0 amide bonds. The number of ketones is 1. The Balaban J connectivity index is 3.35. The molecule has 1 rings (SSSR count). The first kappa shape index (κ1) is 15.7. The van der Waals surface area contributed by atoms with Crippen molar-refractivity contribution in [3.8, 4) is 5.75 Å². The van der Waals surface area contributed by atoms with Crippen molar-refractivity contribution in [2.45, 2.75) is 59.8 Å². The largest absolute Gasteiger partial charge is 0.507 e. The predicted octanol–water partition coefficient (Wildman–Crippen LogP) is 4.48. The molecule has 0 aliphatic rings. The first-order valence-electron chi connectivity index (χ1n) is 7.06. The van der Waals surface area contributed by atoms with Crippen molar-refractivity contribution in [3.05, 3.63) is 28.8 Å². The maximum absolute atomic E-state index is 12.3. The van der Waals surface area contributed by atoms with Crippen LogP contribution in [0.2, 0.25) is 0 Å². The second kappa shape index (κ2) is 5.77. The van der Waals surface area contributed by atoms with Crippen LogP contribution in [-0.2, 0) is 11.8 Å². The smallest absolute Gasteiger partial charge is 0.166 e. The van der Waals surface area contributed by atoms with Crippen molar-refractivity contribution < 1.29 is 9.90 Å². The number of phenolic OH excluding ortho intramolecular Hbond substituents is 1. The van der Waals surface area contributed by atoms with Crippen LogP contribution in [0.15, 0.2) is 12.1 Å². The fourth-order valence-corrected chi connectivity index (χ4v) is 2.16. The molecule has 2 nitrogen and oxygen atoms in total. The van der Waals surface area contributed by atoms with E-state index in [4.69, 9.17) is 0 Å². The Labute approximate surface area is 116 Å². The number of phenols is 1. The number of carbonyl (C=O) groups excluding carboxylic acids is 1. The molecule has 0 radical (unpaired) electrons. The summed E-state index contributed by atoms with van der Waals surface area (Å²) < 4.78 is 0. The first-order chi connectivity index (χ1) is 8.66. The number of aryl methyl sites for hydroxylation is 1. The van der Waals surface area contributed by atoms with Crippen LogP contribution < -0.4 is 0 Å². The molecule has 1 N–H and O–H groups in total. The Morgan fingerprint density at radius 1 is 1.26 bits per heavy atom. The summed E-state index contributed by atoms with van der Waals surface area (Å²) in [5.74, 6) is 0.499. The molecule has 0 saturated carbocycles. The van der Waals surface area contributed by atoms with Gasteiger partial charge in [0, 0.05) is 12.0 Å². The van der Waals surface area contributed by atoms with Gasteiger partial charge in [-0.25, -0.2) is 0 Å². The number of rotatable bonds is 4. The second-order valence-electron chi connectivity index (χ2n) is 6.66. The highest BCUT2D eigenvalue weighted by Gasteiger charge is 2.23. The summed E-state index contributed by atoms with van der Waals surface area (Å²) >= 11 is 0. The SMILES string of the molecule is CCc1cc(C(=O)CC(C)C)c(O)c(C(C)(C)C)c1. The topological polar surface area (TPSA) is 37.3 Å². The normalized spacial score (nSPS) is 11.9. The van der Waals surface area contributed by atoms with E-state index in [1.165, 1.54) is 0 Å². The highest BCUT2D eigenvalue weighted by molar-refractivity contribution is 5.99. The van der Waals surface area contributed by atoms with Gasteiger partial charge in [-0.2, -0.15) is 0 Å². The third-order valence-corrected chi connectivity index (χ3v) is 3.28. The van der Waals surface area contributed by atoms with Gasteiger partial charge in [0.25, 0.3) is 0 Å². The van der Waals surface area contributed by atoms with E-state index in [-0.39, 0.29) is 16.9 Å². The number of Topliss-reactive ketones (excluding diaryl/α,β-unsaturated/α-hetero) is 1. The van der Waals surface area contributed by atoms with Gasteiger partial charge in [-0.05, 0) is 29.4 Å². The molecule has 2 heteroatoms. The van der Waals surface area contributed by atoms with Gasteiger partial charge in [0.2, 0.25) is 0 Å². The Morgan fingerprint density at radius 2 is 1.84 bits per heavy atom. The van der Waals surface area contributed by atoms with Crippen molar-refractivity contribution in [1.82, 2.24) is 0 Å². The average Bonchev–Trinajstić information content (AvgIpc) is 2.26. The molecule has 0 atom stereocenters. The van der Waals surface area contributed by atoms with Crippen molar-refractivity contribution in [2.75, 3.05) is 0 Å². The lowest BCUT2D eigenvalue weighted by Gasteiger charge is -2.23. The van der Waals surface area contributed by atoms with Gasteiger partial charge in [-0.1, -0.05) is 47.6 Å². The highest BCUT2D eigenvalue weighted by Crippen LogP contribution is 2.35. The molecule has 0 unspecified atom stereocenters. The molecule has 1 aromatic carbocycles. The van der Waals surface area contributed by atoms with Crippen LogP contribution in [0, 0.1) is 5.92 Å². The van der Waals surface area contributed by atoms with Gasteiger partial charge in [-0.3, -0.25) is 4.79 Å². The third kappa shape index (κ3) is 3.82. The molecular weight excluding hydrogens is 236 g/mol. The third-order valence-electron chi connectivity index (χ3n) is 3.28. The minimum absolute atomic E-state index is 0.0355. The van der Waals surface area contributed by atoms with E-state index in [0.29, 0.717) is 17.9 Å². The first-order valence-corrected chi connectivity index (χ1v) is 7.06. The number of hydrogen-bond acceptors (Lipinski definition) is 2. The molecule has 0 saturated heterocycles. The summed E-state index contributed by atoms with van der Waals surface area (Å²) in [5, 5.41) is 10.4. The number of aromatic hydroxyl groups is 1. The van der Waals surface area contributed by atoms with E-state index in [9.17, 15) is 9.90 Å². The number of benzene rings is 1. The fourth-order valence-electron chi connectivity index (χ4n) is 2.16. The molecule has 0 aromatic heterocycles. The van der Waals surface area contributed by atoms with Gasteiger partial charge in [-0.15, -0.1) is 0 Å². The van der Waals surface area contributed by atoms with E-state index < -0.39 is 0 Å². The lowest BCUT2D eigenvalue weighted by Crippen LogP contribution is -2.14. The molecule has 0 fully saturated rings. The van der Waals surface area contributed by atoms with Crippen LogP contribution in [0.5, 0.6) is 5.75 Å². The Bertz CT molecular complexity index is 465. The van der Waals surface area contributed by atoms with Crippen LogP contribution in [0.25, 0.3) is 0 Å². The molecule has 19 heavy (non-hydrogen) atoms. The zero-order valence-corrected chi connectivity index (χ0v) is 13.0. The van der Waals surface area contributed by atoms with E-state index in [0.717, 1.165) is 17.5 Å². The Morgan fingerprint density at radius 3 is 2.26 bits per heavy atom. The second-order valence-corrected chi connectivity index (χ2v) is 6.66. The molecule has 0 bridgehead atoms. The number of hydrogen-bond donors (Lipinski definition) is 1. The molecule has 0 aliphatic heterocycles. The minimum atomic E-state index is -0.165. The molecule has 0 spiro atoms. The maximum atomic E-state index is 12.3. The van der Waals surface area contributed by atoms with Crippen LogP contribution in [0.3, 0.4) is 0 Å². The summed E-state index contributed by atoms with van der Waals surface area (Å²) in [4.78, 5) is 12.3. The van der Waals surface area contributed by atoms with Gasteiger partial charge in [0.05, 0.1) is 5.56 Å². The van der Waals surface area contributed by atoms with Gasteiger partial charge >= 0.3 is 0 Å². The standard InChI is InChI=1S/C17H26O2/c1-7-12-9-13(15(18)8-11(2)3)16(19)14(10-12)17(4,5)6/h9-11,19H,7-8H2,1-6H3. The highest BCUT2D eigenvalue weighted by atomic mass is 16.3. The van der Waals surface area contributed by atoms with Crippen LogP contribution in [0.1, 0.15) is 69.4 Å². The lowest BCUT2D eigenvalue weighted by atomic mass is 9.82. The Kier molecular flexibility index (Phi) is 4.78. The fraction of sp³-hybridized carbons (Fsp3) is 0.588. The van der Waals surface area contributed by atoms with Gasteiger partial charge < -0.3 is 5.11 Å². The number of carbonyl (C=O) groups is 1. The van der Waals surface area contributed by atoms with Gasteiger partial charge in [0.15, 0.2) is 5.78 Å². The summed E-state index contributed by atoms with van der Waals surface area (Å²) in [7, 11) is 0. The molecular formula is C17H26O2. The molecule has 106 valence electrons. The van der Waals surface area contributed by atoms with Crippen molar-refractivity contribution in [3.63, 3.8) is 0 Å². The monoisotopic (exact) mass is 262 g/mol. The van der Waals surface area contributed by atoms with Crippen LogP contribution in [0.4, 0.5) is 0 Å². The maximum Gasteiger partial charge on any atom is 0.166 e. The summed E-state index contributed by atoms with van der Waals surface area (Å²) in [6.45, 7) is 12.3. The quantitative estimate of drug-likeness (QED) is 0.812. The molecule has 1 aromatic rings. The summed E-state index contributed by atoms with van der Waals surface area (Å²) in [6.07, 6.45) is 1.34.